The van der Waals surface area contributed by atoms with E-state index in [9.17, 15) is 0 Å². The molecule has 1 atom stereocenters. The number of aryl methyl sites for hydroxylation is 1. The largest absolute Gasteiger partial charge is 0.489 e. The SMILES string of the molecule is CC(C)c1cccc2c1OC(CN)CC2. The molecule has 0 bridgehead atoms. The fourth-order valence-electron chi connectivity index (χ4n) is 2.11. The molecule has 1 aromatic rings. The molecule has 0 amide bonds. The van der Waals surface area contributed by atoms with Crippen LogP contribution in [0.25, 0.3) is 0 Å². The second-order valence-electron chi connectivity index (χ2n) is 4.50. The molecule has 1 heterocycles. The van der Waals surface area contributed by atoms with E-state index in [4.69, 9.17) is 10.5 Å². The smallest absolute Gasteiger partial charge is 0.126 e. The van der Waals surface area contributed by atoms with Gasteiger partial charge in [-0.3, -0.25) is 0 Å². The van der Waals surface area contributed by atoms with E-state index in [2.05, 4.69) is 32.0 Å². The van der Waals surface area contributed by atoms with Gasteiger partial charge in [0.1, 0.15) is 11.9 Å². The Balaban J connectivity index is 2.36. The number of benzene rings is 1. The van der Waals surface area contributed by atoms with Crippen molar-refractivity contribution in [3.63, 3.8) is 0 Å². The van der Waals surface area contributed by atoms with Crippen LogP contribution in [0.15, 0.2) is 18.2 Å². The van der Waals surface area contributed by atoms with E-state index in [1.807, 2.05) is 0 Å². The molecule has 1 aromatic carbocycles. The first-order valence-electron chi connectivity index (χ1n) is 5.71. The highest BCUT2D eigenvalue weighted by molar-refractivity contribution is 5.44. The average molecular weight is 205 g/mol. The molecule has 0 saturated carbocycles. The van der Waals surface area contributed by atoms with Gasteiger partial charge in [0.05, 0.1) is 0 Å². The Morgan fingerprint density at radius 1 is 1.47 bits per heavy atom. The Hall–Kier alpha value is -1.02. The minimum Gasteiger partial charge on any atom is -0.489 e. The molecule has 2 nitrogen and oxygen atoms in total. The van der Waals surface area contributed by atoms with Gasteiger partial charge in [-0.25, -0.2) is 0 Å². The van der Waals surface area contributed by atoms with E-state index in [0.717, 1.165) is 18.6 Å². The third-order valence-electron chi connectivity index (χ3n) is 3.03. The Morgan fingerprint density at radius 2 is 2.27 bits per heavy atom. The average Bonchev–Trinajstić information content (AvgIpc) is 2.27. The van der Waals surface area contributed by atoms with Crippen molar-refractivity contribution in [2.24, 2.45) is 5.73 Å². The van der Waals surface area contributed by atoms with E-state index in [-0.39, 0.29) is 6.10 Å². The second kappa shape index (κ2) is 4.23. The molecule has 82 valence electrons. The lowest BCUT2D eigenvalue weighted by Gasteiger charge is -2.28. The molecule has 0 aromatic heterocycles. The standard InChI is InChI=1S/C13H19NO/c1-9(2)12-5-3-4-10-6-7-11(8-14)15-13(10)12/h3-5,9,11H,6-8,14H2,1-2H3. The van der Waals surface area contributed by atoms with Gasteiger partial charge in [0.25, 0.3) is 0 Å². The monoisotopic (exact) mass is 205 g/mol. The lowest BCUT2D eigenvalue weighted by atomic mass is 9.94. The summed E-state index contributed by atoms with van der Waals surface area (Å²) in [6.45, 7) is 5.02. The van der Waals surface area contributed by atoms with Crippen LogP contribution >= 0.6 is 0 Å². The van der Waals surface area contributed by atoms with Crippen molar-refractivity contribution in [3.8, 4) is 5.75 Å². The third-order valence-corrected chi connectivity index (χ3v) is 3.03. The fraction of sp³-hybridized carbons (Fsp3) is 0.538. The van der Waals surface area contributed by atoms with Crippen molar-refractivity contribution in [3.05, 3.63) is 29.3 Å². The maximum absolute atomic E-state index is 5.95. The number of ether oxygens (including phenoxy) is 1. The minimum atomic E-state index is 0.206. The minimum absolute atomic E-state index is 0.206. The molecule has 1 unspecified atom stereocenters. The molecule has 2 N–H and O–H groups in total. The molecule has 0 saturated heterocycles. The summed E-state index contributed by atoms with van der Waals surface area (Å²) >= 11 is 0. The number of para-hydroxylation sites is 1. The van der Waals surface area contributed by atoms with Gasteiger partial charge in [-0.2, -0.15) is 0 Å². The van der Waals surface area contributed by atoms with Crippen LogP contribution in [0.1, 0.15) is 37.3 Å². The first-order chi connectivity index (χ1) is 7.22. The molecule has 2 rings (SSSR count). The third kappa shape index (κ3) is 2.00. The highest BCUT2D eigenvalue weighted by Gasteiger charge is 2.21. The molecule has 1 aliphatic rings. The van der Waals surface area contributed by atoms with Gasteiger partial charge in [-0.15, -0.1) is 0 Å². The molecule has 1 aliphatic heterocycles. The van der Waals surface area contributed by atoms with E-state index in [0.29, 0.717) is 12.5 Å². The summed E-state index contributed by atoms with van der Waals surface area (Å²) in [5, 5.41) is 0. The van der Waals surface area contributed by atoms with Gasteiger partial charge in [0.2, 0.25) is 0 Å². The maximum Gasteiger partial charge on any atom is 0.126 e. The van der Waals surface area contributed by atoms with Crippen LogP contribution in [0.5, 0.6) is 5.75 Å². The Bertz CT molecular complexity index is 346. The van der Waals surface area contributed by atoms with Crippen LogP contribution in [0.4, 0.5) is 0 Å². The summed E-state index contributed by atoms with van der Waals surface area (Å²) < 4.78 is 5.95. The lowest BCUT2D eigenvalue weighted by Crippen LogP contribution is -2.31. The summed E-state index contributed by atoms with van der Waals surface area (Å²) in [4.78, 5) is 0. The topological polar surface area (TPSA) is 35.2 Å². The van der Waals surface area contributed by atoms with Crippen LogP contribution in [0.2, 0.25) is 0 Å². The summed E-state index contributed by atoms with van der Waals surface area (Å²) in [6, 6.07) is 6.44. The predicted octanol–water partition coefficient (Wildman–Crippen LogP) is 2.46. The van der Waals surface area contributed by atoms with Crippen molar-refractivity contribution in [1.29, 1.82) is 0 Å². The summed E-state index contributed by atoms with van der Waals surface area (Å²) in [7, 11) is 0. The first-order valence-corrected chi connectivity index (χ1v) is 5.71. The number of nitrogens with two attached hydrogens (primary N) is 1. The second-order valence-corrected chi connectivity index (χ2v) is 4.50. The zero-order chi connectivity index (χ0) is 10.8. The van der Waals surface area contributed by atoms with Gasteiger partial charge >= 0.3 is 0 Å². The van der Waals surface area contributed by atoms with Gasteiger partial charge in [-0.05, 0) is 29.9 Å². The number of hydrogen-bond donors (Lipinski definition) is 1. The zero-order valence-electron chi connectivity index (χ0n) is 9.49. The maximum atomic E-state index is 5.95. The molecule has 0 spiro atoms. The quantitative estimate of drug-likeness (QED) is 0.805. The van der Waals surface area contributed by atoms with Gasteiger partial charge < -0.3 is 10.5 Å². The van der Waals surface area contributed by atoms with Gasteiger partial charge in [0, 0.05) is 6.54 Å². The Morgan fingerprint density at radius 3 is 2.93 bits per heavy atom. The summed E-state index contributed by atoms with van der Waals surface area (Å²) in [6.07, 6.45) is 2.35. The number of rotatable bonds is 2. The lowest BCUT2D eigenvalue weighted by molar-refractivity contribution is 0.179. The van der Waals surface area contributed by atoms with Crippen LogP contribution in [-0.2, 0) is 6.42 Å². The number of fused-ring (bicyclic) bond motifs is 1. The van der Waals surface area contributed by atoms with Crippen molar-refractivity contribution < 1.29 is 4.74 Å². The van der Waals surface area contributed by atoms with Crippen molar-refractivity contribution in [2.45, 2.75) is 38.7 Å². The molecular formula is C13H19NO. The predicted molar refractivity (Wildman–Crippen MR) is 62.3 cm³/mol. The fourth-order valence-corrected chi connectivity index (χ4v) is 2.11. The first kappa shape index (κ1) is 10.5. The van der Waals surface area contributed by atoms with Crippen molar-refractivity contribution >= 4 is 0 Å². The molecule has 0 aliphatic carbocycles. The van der Waals surface area contributed by atoms with E-state index in [1.165, 1.54) is 11.1 Å². The Kier molecular flexibility index (Phi) is 2.96. The molecule has 2 heteroatoms. The van der Waals surface area contributed by atoms with Crippen LogP contribution in [0.3, 0.4) is 0 Å². The highest BCUT2D eigenvalue weighted by Crippen LogP contribution is 2.34. The molecular weight excluding hydrogens is 186 g/mol. The zero-order valence-corrected chi connectivity index (χ0v) is 9.49. The van der Waals surface area contributed by atoms with Crippen LogP contribution in [-0.4, -0.2) is 12.6 Å². The van der Waals surface area contributed by atoms with Crippen LogP contribution in [0, 0.1) is 0 Å². The van der Waals surface area contributed by atoms with E-state index < -0.39 is 0 Å². The van der Waals surface area contributed by atoms with Crippen molar-refractivity contribution in [2.75, 3.05) is 6.54 Å². The normalized spacial score (nSPS) is 19.9. The number of hydrogen-bond acceptors (Lipinski definition) is 2. The summed E-state index contributed by atoms with van der Waals surface area (Å²) in [5.41, 5.74) is 8.31. The van der Waals surface area contributed by atoms with Gasteiger partial charge in [0.15, 0.2) is 0 Å². The highest BCUT2D eigenvalue weighted by atomic mass is 16.5. The van der Waals surface area contributed by atoms with Crippen LogP contribution < -0.4 is 10.5 Å². The van der Waals surface area contributed by atoms with E-state index in [1.54, 1.807) is 0 Å². The Labute approximate surface area is 91.4 Å². The summed E-state index contributed by atoms with van der Waals surface area (Å²) in [5.74, 6) is 1.60. The molecule has 0 radical (unpaired) electrons. The molecule has 15 heavy (non-hydrogen) atoms. The van der Waals surface area contributed by atoms with Crippen molar-refractivity contribution in [1.82, 2.24) is 0 Å². The molecule has 0 fully saturated rings. The van der Waals surface area contributed by atoms with Gasteiger partial charge in [-0.1, -0.05) is 32.0 Å². The van der Waals surface area contributed by atoms with E-state index >= 15 is 0 Å².